The molecule has 1 rings (SSSR count). The Balaban J connectivity index is 2.37. The van der Waals surface area contributed by atoms with Gasteiger partial charge in [0.25, 0.3) is 0 Å². The minimum atomic E-state index is -0.465. The highest BCUT2D eigenvalue weighted by molar-refractivity contribution is 5.88. The SMILES string of the molecule is CNC(=O)C(C)NC(=O)C1CCC(N)CC1. The van der Waals surface area contributed by atoms with E-state index < -0.39 is 6.04 Å². The Morgan fingerprint density at radius 1 is 1.25 bits per heavy atom. The van der Waals surface area contributed by atoms with Crippen LogP contribution in [0.4, 0.5) is 0 Å². The Labute approximate surface area is 96.1 Å². The molecule has 0 spiro atoms. The summed E-state index contributed by atoms with van der Waals surface area (Å²) in [6.45, 7) is 1.69. The monoisotopic (exact) mass is 227 g/mol. The third-order valence-corrected chi connectivity index (χ3v) is 3.14. The van der Waals surface area contributed by atoms with Crippen LogP contribution in [0.1, 0.15) is 32.6 Å². The van der Waals surface area contributed by atoms with E-state index in [0.717, 1.165) is 25.7 Å². The van der Waals surface area contributed by atoms with Crippen molar-refractivity contribution in [2.75, 3.05) is 7.05 Å². The summed E-state index contributed by atoms with van der Waals surface area (Å²) in [4.78, 5) is 23.0. The van der Waals surface area contributed by atoms with Crippen molar-refractivity contribution in [1.29, 1.82) is 0 Å². The number of carbonyl (C=O) groups excluding carboxylic acids is 2. The zero-order valence-corrected chi connectivity index (χ0v) is 9.95. The highest BCUT2D eigenvalue weighted by atomic mass is 16.2. The predicted octanol–water partition coefficient (Wildman–Crippen LogP) is -0.245. The van der Waals surface area contributed by atoms with Gasteiger partial charge in [0.2, 0.25) is 11.8 Å². The lowest BCUT2D eigenvalue weighted by molar-refractivity contribution is -0.131. The van der Waals surface area contributed by atoms with Gasteiger partial charge in [0.15, 0.2) is 0 Å². The molecule has 1 aliphatic rings. The summed E-state index contributed by atoms with van der Waals surface area (Å²) in [7, 11) is 1.56. The first-order valence-electron chi connectivity index (χ1n) is 5.82. The van der Waals surface area contributed by atoms with Gasteiger partial charge >= 0.3 is 0 Å². The third kappa shape index (κ3) is 3.48. The molecule has 16 heavy (non-hydrogen) atoms. The van der Waals surface area contributed by atoms with E-state index in [2.05, 4.69) is 10.6 Å². The van der Waals surface area contributed by atoms with Crippen LogP contribution in [0.2, 0.25) is 0 Å². The number of likely N-dealkylation sites (N-methyl/N-ethyl adjacent to an activating group) is 1. The second-order valence-corrected chi connectivity index (χ2v) is 4.46. The van der Waals surface area contributed by atoms with E-state index in [4.69, 9.17) is 5.73 Å². The number of carbonyl (C=O) groups is 2. The lowest BCUT2D eigenvalue weighted by atomic mass is 9.86. The number of nitrogens with one attached hydrogen (secondary N) is 2. The smallest absolute Gasteiger partial charge is 0.242 e. The van der Waals surface area contributed by atoms with Crippen LogP contribution in [0, 0.1) is 5.92 Å². The Morgan fingerprint density at radius 3 is 2.31 bits per heavy atom. The van der Waals surface area contributed by atoms with E-state index >= 15 is 0 Å². The first kappa shape index (κ1) is 13.0. The Bertz CT molecular complexity index is 260. The molecule has 0 aromatic carbocycles. The molecule has 0 saturated heterocycles. The van der Waals surface area contributed by atoms with Gasteiger partial charge in [-0.25, -0.2) is 0 Å². The summed E-state index contributed by atoms with van der Waals surface area (Å²) in [6, 6.07) is -0.228. The lowest BCUT2D eigenvalue weighted by Crippen LogP contribution is -2.46. The molecular formula is C11H21N3O2. The third-order valence-electron chi connectivity index (χ3n) is 3.14. The molecule has 1 saturated carbocycles. The van der Waals surface area contributed by atoms with E-state index in [1.807, 2.05) is 0 Å². The number of nitrogens with two attached hydrogens (primary N) is 1. The van der Waals surface area contributed by atoms with Gasteiger partial charge in [0.1, 0.15) is 6.04 Å². The first-order valence-corrected chi connectivity index (χ1v) is 5.82. The summed E-state index contributed by atoms with van der Waals surface area (Å²) in [6.07, 6.45) is 3.44. The summed E-state index contributed by atoms with van der Waals surface area (Å²) in [5.74, 6) is -0.171. The standard InChI is InChI=1S/C11H21N3O2/c1-7(10(15)13-2)14-11(16)8-3-5-9(12)6-4-8/h7-9H,3-6,12H2,1-2H3,(H,13,15)(H,14,16). The van der Waals surface area contributed by atoms with Gasteiger partial charge in [-0.2, -0.15) is 0 Å². The maximum absolute atomic E-state index is 11.8. The average Bonchev–Trinajstić information content (AvgIpc) is 2.28. The Morgan fingerprint density at radius 2 is 1.81 bits per heavy atom. The second-order valence-electron chi connectivity index (χ2n) is 4.46. The number of amides is 2. The Kier molecular flexibility index (Phi) is 4.73. The van der Waals surface area contributed by atoms with E-state index in [9.17, 15) is 9.59 Å². The average molecular weight is 227 g/mol. The zero-order valence-electron chi connectivity index (χ0n) is 9.95. The van der Waals surface area contributed by atoms with Gasteiger partial charge in [-0.15, -0.1) is 0 Å². The molecule has 0 aliphatic heterocycles. The van der Waals surface area contributed by atoms with Crippen LogP contribution >= 0.6 is 0 Å². The molecule has 1 unspecified atom stereocenters. The molecule has 1 aliphatic carbocycles. The van der Waals surface area contributed by atoms with Crippen molar-refractivity contribution in [3.63, 3.8) is 0 Å². The quantitative estimate of drug-likeness (QED) is 0.622. The molecule has 0 bridgehead atoms. The van der Waals surface area contributed by atoms with Crippen LogP contribution in [0.15, 0.2) is 0 Å². The summed E-state index contributed by atoms with van der Waals surface area (Å²) >= 11 is 0. The maximum Gasteiger partial charge on any atom is 0.242 e. The van der Waals surface area contributed by atoms with Gasteiger partial charge in [-0.1, -0.05) is 0 Å². The first-order chi connectivity index (χ1) is 7.54. The van der Waals surface area contributed by atoms with E-state index in [1.54, 1.807) is 14.0 Å². The summed E-state index contributed by atoms with van der Waals surface area (Å²) in [5.41, 5.74) is 5.77. The molecule has 92 valence electrons. The van der Waals surface area contributed by atoms with Crippen LogP contribution < -0.4 is 16.4 Å². The van der Waals surface area contributed by atoms with Crippen LogP contribution in [0.25, 0.3) is 0 Å². The minimum Gasteiger partial charge on any atom is -0.357 e. The number of rotatable bonds is 3. The van der Waals surface area contributed by atoms with Gasteiger partial charge < -0.3 is 16.4 Å². The van der Waals surface area contributed by atoms with Crippen molar-refractivity contribution in [2.45, 2.75) is 44.7 Å². The van der Waals surface area contributed by atoms with Gasteiger partial charge in [-0.3, -0.25) is 9.59 Å². The molecule has 0 aromatic rings. The summed E-state index contributed by atoms with van der Waals surface area (Å²) in [5, 5.41) is 5.23. The Hall–Kier alpha value is -1.10. The van der Waals surface area contributed by atoms with Crippen molar-refractivity contribution in [3.05, 3.63) is 0 Å². The fraction of sp³-hybridized carbons (Fsp3) is 0.818. The zero-order chi connectivity index (χ0) is 12.1. The fourth-order valence-electron chi connectivity index (χ4n) is 1.99. The van der Waals surface area contributed by atoms with Gasteiger partial charge in [-0.05, 0) is 32.6 Å². The topological polar surface area (TPSA) is 84.2 Å². The van der Waals surface area contributed by atoms with Crippen molar-refractivity contribution < 1.29 is 9.59 Å². The molecule has 0 radical (unpaired) electrons. The molecule has 1 atom stereocenters. The highest BCUT2D eigenvalue weighted by Gasteiger charge is 2.26. The molecule has 0 aromatic heterocycles. The van der Waals surface area contributed by atoms with Crippen molar-refractivity contribution in [3.8, 4) is 0 Å². The van der Waals surface area contributed by atoms with Crippen molar-refractivity contribution in [1.82, 2.24) is 10.6 Å². The van der Waals surface area contributed by atoms with Gasteiger partial charge in [0, 0.05) is 19.0 Å². The molecule has 5 nitrogen and oxygen atoms in total. The van der Waals surface area contributed by atoms with Crippen molar-refractivity contribution in [2.24, 2.45) is 11.7 Å². The maximum atomic E-state index is 11.8. The largest absolute Gasteiger partial charge is 0.357 e. The second kappa shape index (κ2) is 5.84. The van der Waals surface area contributed by atoms with E-state index in [0.29, 0.717) is 0 Å². The van der Waals surface area contributed by atoms with Crippen LogP contribution in [0.5, 0.6) is 0 Å². The molecular weight excluding hydrogens is 206 g/mol. The number of hydrogen-bond donors (Lipinski definition) is 3. The highest BCUT2D eigenvalue weighted by Crippen LogP contribution is 2.23. The predicted molar refractivity (Wildman–Crippen MR) is 61.6 cm³/mol. The molecule has 2 amide bonds. The summed E-state index contributed by atoms with van der Waals surface area (Å²) < 4.78 is 0. The minimum absolute atomic E-state index is 0.0203. The fourth-order valence-corrected chi connectivity index (χ4v) is 1.99. The normalized spacial score (nSPS) is 26.9. The molecule has 1 fully saturated rings. The van der Waals surface area contributed by atoms with E-state index in [-0.39, 0.29) is 23.8 Å². The molecule has 4 N–H and O–H groups in total. The van der Waals surface area contributed by atoms with Gasteiger partial charge in [0.05, 0.1) is 0 Å². The molecule has 5 heteroatoms. The van der Waals surface area contributed by atoms with Crippen LogP contribution in [0.3, 0.4) is 0 Å². The molecule has 0 heterocycles. The van der Waals surface area contributed by atoms with Crippen molar-refractivity contribution >= 4 is 11.8 Å². The van der Waals surface area contributed by atoms with Crippen LogP contribution in [-0.4, -0.2) is 30.9 Å². The van der Waals surface area contributed by atoms with E-state index in [1.165, 1.54) is 0 Å². The number of hydrogen-bond acceptors (Lipinski definition) is 3. The lowest BCUT2D eigenvalue weighted by Gasteiger charge is -2.26. The van der Waals surface area contributed by atoms with Crippen LogP contribution in [-0.2, 0) is 9.59 Å².